The van der Waals surface area contributed by atoms with Crippen LogP contribution in [0.15, 0.2) is 48.5 Å². The second-order valence-electron chi connectivity index (χ2n) is 5.54. The number of aryl methyl sites for hydroxylation is 1. The molecule has 0 radical (unpaired) electrons. The van der Waals surface area contributed by atoms with E-state index >= 15 is 0 Å². The van der Waals surface area contributed by atoms with Gasteiger partial charge in [-0.2, -0.15) is 0 Å². The fourth-order valence-electron chi connectivity index (χ4n) is 2.37. The molecule has 0 heterocycles. The monoisotopic (exact) mass is 315 g/mol. The van der Waals surface area contributed by atoms with Crippen LogP contribution in [0.3, 0.4) is 0 Å². The van der Waals surface area contributed by atoms with Gasteiger partial charge in [0.25, 0.3) is 0 Å². The van der Waals surface area contributed by atoms with Gasteiger partial charge in [-0.15, -0.1) is 0 Å². The minimum Gasteiger partial charge on any atom is -0.388 e. The van der Waals surface area contributed by atoms with Crippen LogP contribution in [0, 0.1) is 5.82 Å². The number of aliphatic hydroxyl groups excluding tert-OH is 1. The number of halogens is 1. The van der Waals surface area contributed by atoms with Crippen LogP contribution in [-0.2, 0) is 17.6 Å². The number of carbonyl (C=O) groups excluding carboxylic acids is 1. The first-order valence-electron chi connectivity index (χ1n) is 7.86. The number of benzene rings is 2. The highest BCUT2D eigenvalue weighted by Gasteiger charge is 2.13. The van der Waals surface area contributed by atoms with E-state index in [0.717, 1.165) is 18.4 Å². The molecule has 1 amide bonds. The quantitative estimate of drug-likeness (QED) is 0.824. The first kappa shape index (κ1) is 17.2. The molecule has 1 atom stereocenters. The number of hydrogen-bond acceptors (Lipinski definition) is 2. The van der Waals surface area contributed by atoms with Crippen LogP contribution in [0.5, 0.6) is 0 Å². The van der Waals surface area contributed by atoms with Crippen LogP contribution in [-0.4, -0.2) is 17.6 Å². The summed E-state index contributed by atoms with van der Waals surface area (Å²) in [4.78, 5) is 11.8. The Labute approximate surface area is 136 Å². The molecule has 0 bridgehead atoms. The minimum absolute atomic E-state index is 0.0712. The Bertz CT molecular complexity index is 640. The Morgan fingerprint density at radius 2 is 1.87 bits per heavy atom. The zero-order valence-electron chi connectivity index (χ0n) is 13.3. The molecule has 0 aliphatic rings. The lowest BCUT2D eigenvalue weighted by atomic mass is 10.1. The molecule has 0 spiro atoms. The SMILES string of the molecule is CCc1ccc(CCNC(=O)CC(O)c2cccc(F)c2)cc1. The van der Waals surface area contributed by atoms with E-state index in [1.54, 1.807) is 6.07 Å². The summed E-state index contributed by atoms with van der Waals surface area (Å²) in [5.74, 6) is -0.663. The minimum atomic E-state index is -0.991. The maximum Gasteiger partial charge on any atom is 0.222 e. The molecule has 23 heavy (non-hydrogen) atoms. The smallest absolute Gasteiger partial charge is 0.222 e. The van der Waals surface area contributed by atoms with Gasteiger partial charge in [-0.1, -0.05) is 43.3 Å². The normalized spacial score (nSPS) is 12.0. The Morgan fingerprint density at radius 1 is 1.17 bits per heavy atom. The Kier molecular flexibility index (Phi) is 6.29. The van der Waals surface area contributed by atoms with Crippen molar-refractivity contribution in [2.75, 3.05) is 6.54 Å². The lowest BCUT2D eigenvalue weighted by Crippen LogP contribution is -2.27. The van der Waals surface area contributed by atoms with Crippen molar-refractivity contribution in [1.82, 2.24) is 5.32 Å². The van der Waals surface area contributed by atoms with Crippen molar-refractivity contribution in [3.8, 4) is 0 Å². The fourth-order valence-corrected chi connectivity index (χ4v) is 2.37. The van der Waals surface area contributed by atoms with Crippen molar-refractivity contribution in [3.05, 3.63) is 71.0 Å². The number of amides is 1. The van der Waals surface area contributed by atoms with Crippen LogP contribution >= 0.6 is 0 Å². The zero-order valence-corrected chi connectivity index (χ0v) is 13.3. The van der Waals surface area contributed by atoms with Crippen molar-refractivity contribution in [2.24, 2.45) is 0 Å². The molecule has 0 fully saturated rings. The van der Waals surface area contributed by atoms with Crippen molar-refractivity contribution < 1.29 is 14.3 Å². The molecule has 0 aromatic heterocycles. The third-order valence-corrected chi connectivity index (χ3v) is 3.78. The van der Waals surface area contributed by atoms with Crippen molar-refractivity contribution >= 4 is 5.91 Å². The third-order valence-electron chi connectivity index (χ3n) is 3.78. The summed E-state index contributed by atoms with van der Waals surface area (Å²) in [6, 6.07) is 14.0. The first-order valence-corrected chi connectivity index (χ1v) is 7.86. The maximum atomic E-state index is 13.1. The van der Waals surface area contributed by atoms with E-state index in [2.05, 4.69) is 36.5 Å². The van der Waals surface area contributed by atoms with Gasteiger partial charge in [0.05, 0.1) is 12.5 Å². The van der Waals surface area contributed by atoms with Crippen molar-refractivity contribution in [3.63, 3.8) is 0 Å². The van der Waals surface area contributed by atoms with Crippen LogP contribution in [0.25, 0.3) is 0 Å². The number of carbonyl (C=O) groups is 1. The van der Waals surface area contributed by atoms with Crippen LogP contribution < -0.4 is 5.32 Å². The second kappa shape index (κ2) is 8.44. The number of hydrogen-bond donors (Lipinski definition) is 2. The van der Waals surface area contributed by atoms with Gasteiger partial charge in [-0.3, -0.25) is 4.79 Å². The molecule has 2 rings (SSSR count). The van der Waals surface area contributed by atoms with Gasteiger partial charge < -0.3 is 10.4 Å². The van der Waals surface area contributed by atoms with Gasteiger partial charge in [-0.25, -0.2) is 4.39 Å². The highest BCUT2D eigenvalue weighted by Crippen LogP contribution is 2.17. The predicted octanol–water partition coefficient (Wildman–Crippen LogP) is 3.17. The van der Waals surface area contributed by atoms with Gasteiger partial charge in [0, 0.05) is 6.54 Å². The molecule has 0 aliphatic carbocycles. The Balaban J connectivity index is 1.76. The lowest BCUT2D eigenvalue weighted by Gasteiger charge is -2.11. The zero-order chi connectivity index (χ0) is 16.7. The number of rotatable bonds is 7. The third kappa shape index (κ3) is 5.49. The van der Waals surface area contributed by atoms with Gasteiger partial charge >= 0.3 is 0 Å². The summed E-state index contributed by atoms with van der Waals surface area (Å²) >= 11 is 0. The van der Waals surface area contributed by atoms with Gasteiger partial charge in [0.2, 0.25) is 5.91 Å². The molecule has 122 valence electrons. The number of nitrogens with one attached hydrogen (secondary N) is 1. The summed E-state index contributed by atoms with van der Waals surface area (Å²) in [6.07, 6.45) is 0.688. The first-order chi connectivity index (χ1) is 11.1. The molecule has 0 aliphatic heterocycles. The largest absolute Gasteiger partial charge is 0.388 e. The molecule has 3 nitrogen and oxygen atoms in total. The van der Waals surface area contributed by atoms with Crippen molar-refractivity contribution in [1.29, 1.82) is 0 Å². The van der Waals surface area contributed by atoms with Crippen LogP contribution in [0.4, 0.5) is 4.39 Å². The van der Waals surface area contributed by atoms with Gasteiger partial charge in [0.15, 0.2) is 0 Å². The fraction of sp³-hybridized carbons (Fsp3) is 0.316. The van der Waals surface area contributed by atoms with E-state index in [9.17, 15) is 14.3 Å². The molecule has 2 aromatic rings. The summed E-state index contributed by atoms with van der Waals surface area (Å²) in [5, 5.41) is 12.7. The maximum absolute atomic E-state index is 13.1. The average Bonchev–Trinajstić information content (AvgIpc) is 2.55. The van der Waals surface area contributed by atoms with Gasteiger partial charge in [-0.05, 0) is 41.7 Å². The van der Waals surface area contributed by atoms with Crippen LogP contribution in [0.2, 0.25) is 0 Å². The van der Waals surface area contributed by atoms with E-state index in [0.29, 0.717) is 12.1 Å². The predicted molar refractivity (Wildman–Crippen MR) is 88.5 cm³/mol. The Morgan fingerprint density at radius 3 is 2.52 bits per heavy atom. The summed E-state index contributed by atoms with van der Waals surface area (Å²) in [6.45, 7) is 2.62. The van der Waals surface area contributed by atoms with E-state index < -0.39 is 11.9 Å². The highest BCUT2D eigenvalue weighted by atomic mass is 19.1. The molecule has 0 saturated carbocycles. The molecule has 2 N–H and O–H groups in total. The summed E-state index contributed by atoms with van der Waals surface area (Å²) in [5.41, 5.74) is 2.86. The standard InChI is InChI=1S/C19H22FNO2/c1-2-14-6-8-15(9-7-14)10-11-21-19(23)13-18(22)16-4-3-5-17(20)12-16/h3-9,12,18,22H,2,10-11,13H2,1H3,(H,21,23). The molecular formula is C19H22FNO2. The summed E-state index contributed by atoms with van der Waals surface area (Å²) < 4.78 is 13.1. The molecular weight excluding hydrogens is 293 g/mol. The lowest BCUT2D eigenvalue weighted by molar-refractivity contribution is -0.123. The second-order valence-corrected chi connectivity index (χ2v) is 5.54. The molecule has 1 unspecified atom stereocenters. The summed E-state index contributed by atoms with van der Waals surface area (Å²) in [7, 11) is 0. The molecule has 2 aromatic carbocycles. The molecule has 0 saturated heterocycles. The Hall–Kier alpha value is -2.20. The van der Waals surface area contributed by atoms with E-state index in [4.69, 9.17) is 0 Å². The highest BCUT2D eigenvalue weighted by molar-refractivity contribution is 5.76. The van der Waals surface area contributed by atoms with E-state index in [1.165, 1.54) is 23.8 Å². The topological polar surface area (TPSA) is 49.3 Å². The van der Waals surface area contributed by atoms with Crippen molar-refractivity contribution in [2.45, 2.75) is 32.3 Å². The average molecular weight is 315 g/mol. The van der Waals surface area contributed by atoms with Gasteiger partial charge in [0.1, 0.15) is 5.82 Å². The number of aliphatic hydroxyl groups is 1. The van der Waals surface area contributed by atoms with E-state index in [1.807, 2.05) is 0 Å². The van der Waals surface area contributed by atoms with E-state index in [-0.39, 0.29) is 12.3 Å². The van der Waals surface area contributed by atoms with Crippen LogP contribution in [0.1, 0.15) is 36.1 Å². The molecule has 4 heteroatoms.